The standard InChI is InChI=1S/C19H18ClIN2O3/c1-26-17-12-16(21)15(20)11-14(17)19(25)23-9-7-22(8-10-23)18(24)13-5-3-2-4-6-13/h2-6,11-12H,7-10H2,1H3. The fraction of sp³-hybridized carbons (Fsp3) is 0.263. The van der Waals surface area contributed by atoms with E-state index in [9.17, 15) is 9.59 Å². The summed E-state index contributed by atoms with van der Waals surface area (Å²) in [5.41, 5.74) is 1.11. The molecule has 1 heterocycles. The molecule has 26 heavy (non-hydrogen) atoms. The van der Waals surface area contributed by atoms with Gasteiger partial charge >= 0.3 is 0 Å². The summed E-state index contributed by atoms with van der Waals surface area (Å²) < 4.78 is 6.16. The maximum Gasteiger partial charge on any atom is 0.257 e. The predicted molar refractivity (Wildman–Crippen MR) is 109 cm³/mol. The molecular formula is C19H18ClIN2O3. The number of halogens is 2. The second kappa shape index (κ2) is 8.26. The quantitative estimate of drug-likeness (QED) is 0.626. The normalized spacial score (nSPS) is 14.3. The van der Waals surface area contributed by atoms with Crippen molar-refractivity contribution in [1.82, 2.24) is 9.80 Å². The van der Waals surface area contributed by atoms with Gasteiger partial charge in [-0.25, -0.2) is 0 Å². The smallest absolute Gasteiger partial charge is 0.257 e. The number of piperazine rings is 1. The molecule has 0 saturated carbocycles. The number of methoxy groups -OCH3 is 1. The Labute approximate surface area is 171 Å². The fourth-order valence-corrected chi connectivity index (χ4v) is 3.51. The zero-order chi connectivity index (χ0) is 18.7. The average molecular weight is 485 g/mol. The van der Waals surface area contributed by atoms with Crippen molar-refractivity contribution in [2.75, 3.05) is 33.3 Å². The molecule has 2 amide bonds. The van der Waals surface area contributed by atoms with Gasteiger partial charge in [0.25, 0.3) is 11.8 Å². The van der Waals surface area contributed by atoms with Gasteiger partial charge in [0.05, 0.1) is 17.7 Å². The lowest BCUT2D eigenvalue weighted by Gasteiger charge is -2.35. The Hall–Kier alpha value is -1.80. The van der Waals surface area contributed by atoms with Gasteiger partial charge in [0, 0.05) is 35.3 Å². The molecule has 0 radical (unpaired) electrons. The molecule has 5 nitrogen and oxygen atoms in total. The van der Waals surface area contributed by atoms with E-state index in [-0.39, 0.29) is 11.8 Å². The third-order valence-electron chi connectivity index (χ3n) is 4.35. The highest BCUT2D eigenvalue weighted by atomic mass is 127. The van der Waals surface area contributed by atoms with Gasteiger partial charge in [-0.05, 0) is 46.9 Å². The molecule has 7 heteroatoms. The Kier molecular flexibility index (Phi) is 6.03. The van der Waals surface area contributed by atoms with Crippen molar-refractivity contribution in [3.05, 3.63) is 62.2 Å². The number of hydrogen-bond donors (Lipinski definition) is 0. The van der Waals surface area contributed by atoms with Crippen LogP contribution < -0.4 is 4.74 Å². The number of benzene rings is 2. The first-order chi connectivity index (χ1) is 12.5. The minimum atomic E-state index is -0.132. The van der Waals surface area contributed by atoms with Gasteiger partial charge in [0.2, 0.25) is 0 Å². The van der Waals surface area contributed by atoms with E-state index in [4.69, 9.17) is 16.3 Å². The van der Waals surface area contributed by atoms with Gasteiger partial charge in [-0.15, -0.1) is 0 Å². The minimum Gasteiger partial charge on any atom is -0.496 e. The van der Waals surface area contributed by atoms with Crippen LogP contribution in [0.1, 0.15) is 20.7 Å². The molecule has 1 aliphatic heterocycles. The Balaban J connectivity index is 1.69. The van der Waals surface area contributed by atoms with Crippen LogP contribution in [0, 0.1) is 3.57 Å². The van der Waals surface area contributed by atoms with Crippen molar-refractivity contribution in [2.45, 2.75) is 0 Å². The average Bonchev–Trinajstić information content (AvgIpc) is 2.69. The molecule has 2 aromatic carbocycles. The molecule has 0 spiro atoms. The van der Waals surface area contributed by atoms with Crippen LogP contribution in [-0.4, -0.2) is 54.9 Å². The van der Waals surface area contributed by atoms with Gasteiger partial charge in [-0.2, -0.15) is 0 Å². The van der Waals surface area contributed by atoms with Crippen molar-refractivity contribution in [3.8, 4) is 5.75 Å². The highest BCUT2D eigenvalue weighted by Crippen LogP contribution is 2.29. The second-order valence-corrected chi connectivity index (χ2v) is 7.49. The molecule has 1 saturated heterocycles. The molecule has 136 valence electrons. The number of amides is 2. The Morgan fingerprint density at radius 1 is 1.00 bits per heavy atom. The van der Waals surface area contributed by atoms with Gasteiger partial charge in [-0.3, -0.25) is 9.59 Å². The molecule has 1 fully saturated rings. The Morgan fingerprint density at radius 3 is 2.15 bits per heavy atom. The van der Waals surface area contributed by atoms with E-state index in [1.165, 1.54) is 7.11 Å². The largest absolute Gasteiger partial charge is 0.496 e. The molecular weight excluding hydrogens is 467 g/mol. The van der Waals surface area contributed by atoms with Crippen LogP contribution in [0.4, 0.5) is 0 Å². The van der Waals surface area contributed by atoms with E-state index in [0.29, 0.717) is 48.1 Å². The van der Waals surface area contributed by atoms with Crippen LogP contribution in [0.2, 0.25) is 5.02 Å². The van der Waals surface area contributed by atoms with Crippen LogP contribution in [0.25, 0.3) is 0 Å². The molecule has 0 atom stereocenters. The topological polar surface area (TPSA) is 49.9 Å². The maximum absolute atomic E-state index is 12.9. The summed E-state index contributed by atoms with van der Waals surface area (Å²) in [6, 6.07) is 12.6. The van der Waals surface area contributed by atoms with Crippen molar-refractivity contribution in [2.24, 2.45) is 0 Å². The SMILES string of the molecule is COc1cc(I)c(Cl)cc1C(=O)N1CCN(C(=O)c2ccccc2)CC1. The van der Waals surface area contributed by atoms with Crippen molar-refractivity contribution >= 4 is 46.0 Å². The van der Waals surface area contributed by atoms with E-state index < -0.39 is 0 Å². The lowest BCUT2D eigenvalue weighted by molar-refractivity contribution is 0.0533. The number of hydrogen-bond acceptors (Lipinski definition) is 3. The van der Waals surface area contributed by atoms with Crippen LogP contribution >= 0.6 is 34.2 Å². The maximum atomic E-state index is 12.9. The highest BCUT2D eigenvalue weighted by molar-refractivity contribution is 14.1. The summed E-state index contributed by atoms with van der Waals surface area (Å²) in [5, 5.41) is 0.521. The van der Waals surface area contributed by atoms with E-state index in [0.717, 1.165) is 3.57 Å². The molecule has 0 N–H and O–H groups in total. The summed E-state index contributed by atoms with van der Waals surface area (Å²) in [6.07, 6.45) is 0. The van der Waals surface area contributed by atoms with Gasteiger partial charge in [-0.1, -0.05) is 29.8 Å². The zero-order valence-corrected chi connectivity index (χ0v) is 17.2. The molecule has 3 rings (SSSR count). The van der Waals surface area contributed by atoms with Crippen molar-refractivity contribution < 1.29 is 14.3 Å². The predicted octanol–water partition coefficient (Wildman–Crippen LogP) is 3.55. The number of rotatable bonds is 3. The lowest BCUT2D eigenvalue weighted by atomic mass is 10.1. The van der Waals surface area contributed by atoms with Crippen LogP contribution in [0.5, 0.6) is 5.75 Å². The van der Waals surface area contributed by atoms with Crippen molar-refractivity contribution in [1.29, 1.82) is 0 Å². The Morgan fingerprint density at radius 2 is 1.58 bits per heavy atom. The number of ether oxygens (including phenoxy) is 1. The van der Waals surface area contributed by atoms with Gasteiger partial charge in [0.1, 0.15) is 5.75 Å². The molecule has 2 aromatic rings. The first-order valence-electron chi connectivity index (χ1n) is 8.18. The van der Waals surface area contributed by atoms with Gasteiger partial charge in [0.15, 0.2) is 0 Å². The summed E-state index contributed by atoms with van der Waals surface area (Å²) in [4.78, 5) is 28.9. The molecule has 0 aromatic heterocycles. The van der Waals surface area contributed by atoms with E-state index in [2.05, 4.69) is 22.6 Å². The molecule has 0 bridgehead atoms. The number of nitrogens with zero attached hydrogens (tertiary/aromatic N) is 2. The van der Waals surface area contributed by atoms with Gasteiger partial charge < -0.3 is 14.5 Å². The minimum absolute atomic E-state index is 0.00686. The van der Waals surface area contributed by atoms with E-state index in [1.54, 1.807) is 34.1 Å². The molecule has 0 aliphatic carbocycles. The summed E-state index contributed by atoms with van der Waals surface area (Å²) in [6.45, 7) is 1.95. The third-order valence-corrected chi connectivity index (χ3v) is 5.87. The van der Waals surface area contributed by atoms with Crippen LogP contribution in [0.3, 0.4) is 0 Å². The van der Waals surface area contributed by atoms with Crippen LogP contribution in [0.15, 0.2) is 42.5 Å². The second-order valence-electron chi connectivity index (χ2n) is 5.92. The third kappa shape index (κ3) is 3.96. The lowest BCUT2D eigenvalue weighted by Crippen LogP contribution is -2.50. The summed E-state index contributed by atoms with van der Waals surface area (Å²) in [5.74, 6) is 0.367. The summed E-state index contributed by atoms with van der Waals surface area (Å²) >= 11 is 8.27. The Bertz CT molecular complexity index is 821. The zero-order valence-electron chi connectivity index (χ0n) is 14.2. The summed E-state index contributed by atoms with van der Waals surface area (Å²) in [7, 11) is 1.53. The van der Waals surface area contributed by atoms with E-state index in [1.807, 2.05) is 18.2 Å². The monoisotopic (exact) mass is 484 g/mol. The number of carbonyl (C=O) groups excluding carboxylic acids is 2. The van der Waals surface area contributed by atoms with Crippen molar-refractivity contribution in [3.63, 3.8) is 0 Å². The molecule has 0 unspecified atom stereocenters. The fourth-order valence-electron chi connectivity index (χ4n) is 2.91. The van der Waals surface area contributed by atoms with E-state index >= 15 is 0 Å². The van der Waals surface area contributed by atoms with Crippen LogP contribution in [-0.2, 0) is 0 Å². The first-order valence-corrected chi connectivity index (χ1v) is 9.63. The first kappa shape index (κ1) is 19.0. The number of carbonyl (C=O) groups is 2. The molecule has 1 aliphatic rings. The highest BCUT2D eigenvalue weighted by Gasteiger charge is 2.27.